The third-order valence-electron chi connectivity index (χ3n) is 3.61. The molecule has 0 saturated heterocycles. The van der Waals surface area contributed by atoms with E-state index in [4.69, 9.17) is 25.3 Å². The Hall–Kier alpha value is -1.51. The van der Waals surface area contributed by atoms with E-state index in [1.807, 2.05) is 0 Å². The molecule has 0 unspecified atom stereocenters. The molecule has 1 aromatic rings. The number of rotatable bonds is 10. The van der Waals surface area contributed by atoms with E-state index in [0.717, 1.165) is 6.26 Å². The van der Waals surface area contributed by atoms with Gasteiger partial charge in [0.1, 0.15) is 0 Å². The van der Waals surface area contributed by atoms with Crippen LogP contribution in [-0.2, 0) is 26.2 Å². The highest BCUT2D eigenvalue weighted by atomic mass is 35.5. The van der Waals surface area contributed by atoms with Gasteiger partial charge in [-0.05, 0) is 31.5 Å². The molecule has 0 bridgehead atoms. The number of nitrogens with zero attached hydrogens (tertiary/aromatic N) is 1. The van der Waals surface area contributed by atoms with Crippen molar-refractivity contribution in [1.82, 2.24) is 4.90 Å². The number of methoxy groups -OCH3 is 2. The predicted octanol–water partition coefficient (Wildman–Crippen LogP) is 2.27. The van der Waals surface area contributed by atoms with Crippen LogP contribution in [-0.4, -0.2) is 58.7 Å². The van der Waals surface area contributed by atoms with Crippen LogP contribution in [0.4, 0.5) is 0 Å². The molecule has 0 aliphatic heterocycles. The summed E-state index contributed by atoms with van der Waals surface area (Å²) in [5.74, 6) is 0.421. The Morgan fingerprint density at radius 3 is 2.38 bits per heavy atom. The molecule has 0 fully saturated rings. The van der Waals surface area contributed by atoms with Crippen LogP contribution in [0, 0.1) is 5.41 Å². The van der Waals surface area contributed by atoms with Crippen molar-refractivity contribution in [3.63, 3.8) is 0 Å². The van der Waals surface area contributed by atoms with E-state index < -0.39 is 15.5 Å². The zero-order valence-electron chi connectivity index (χ0n) is 15.7. The molecule has 148 valence electrons. The first-order valence-electron chi connectivity index (χ1n) is 7.94. The average Bonchev–Trinajstić information content (AvgIpc) is 2.56. The molecule has 0 aromatic heterocycles. The molecule has 0 N–H and O–H groups in total. The number of benzene rings is 1. The van der Waals surface area contributed by atoms with E-state index in [0.29, 0.717) is 18.7 Å². The van der Waals surface area contributed by atoms with Crippen LogP contribution < -0.4 is 8.92 Å². The average molecular weight is 408 g/mol. The number of hydrogen-bond acceptors (Lipinski definition) is 6. The highest BCUT2D eigenvalue weighted by Crippen LogP contribution is 2.30. The lowest BCUT2D eigenvalue weighted by molar-refractivity contribution is -0.140. The first-order valence-corrected chi connectivity index (χ1v) is 10.3. The Bertz CT molecular complexity index is 720. The minimum absolute atomic E-state index is 0.0724. The number of alkyl halides is 1. The first kappa shape index (κ1) is 22.5. The second-order valence-electron chi connectivity index (χ2n) is 6.51. The maximum atomic E-state index is 12.8. The zero-order chi connectivity index (χ0) is 20.0. The molecule has 1 rings (SSSR count). The van der Waals surface area contributed by atoms with Gasteiger partial charge < -0.3 is 18.6 Å². The molecule has 0 saturated carbocycles. The zero-order valence-corrected chi connectivity index (χ0v) is 17.3. The summed E-state index contributed by atoms with van der Waals surface area (Å²) in [5.41, 5.74) is -0.0345. The summed E-state index contributed by atoms with van der Waals surface area (Å²) in [7, 11) is -0.736. The largest absolute Gasteiger partial charge is 0.493 e. The molecule has 0 heterocycles. The number of ether oxygens (including phenoxy) is 2. The Morgan fingerprint density at radius 1 is 1.23 bits per heavy atom. The monoisotopic (exact) mass is 407 g/mol. The molecule has 26 heavy (non-hydrogen) atoms. The van der Waals surface area contributed by atoms with E-state index in [1.165, 1.54) is 7.11 Å². The van der Waals surface area contributed by atoms with Crippen molar-refractivity contribution in [3.8, 4) is 11.5 Å². The van der Waals surface area contributed by atoms with Gasteiger partial charge in [-0.2, -0.15) is 8.42 Å². The molecule has 7 nitrogen and oxygen atoms in total. The number of amides is 1. The molecule has 0 aliphatic carbocycles. The van der Waals surface area contributed by atoms with Gasteiger partial charge in [0, 0.05) is 26.1 Å². The van der Waals surface area contributed by atoms with E-state index in [-0.39, 0.29) is 29.8 Å². The minimum Gasteiger partial charge on any atom is -0.493 e. The Kier molecular flexibility index (Phi) is 8.17. The molecule has 9 heteroatoms. The van der Waals surface area contributed by atoms with Crippen LogP contribution in [0.5, 0.6) is 11.5 Å². The van der Waals surface area contributed by atoms with Crippen LogP contribution in [0.15, 0.2) is 18.2 Å². The quantitative estimate of drug-likeness (QED) is 0.437. The molecule has 0 aliphatic rings. The molecule has 1 amide bonds. The van der Waals surface area contributed by atoms with E-state index in [1.54, 1.807) is 44.1 Å². The molecule has 1 aromatic carbocycles. The van der Waals surface area contributed by atoms with E-state index in [9.17, 15) is 13.2 Å². The summed E-state index contributed by atoms with van der Waals surface area (Å²) in [6.45, 7) is 4.55. The topological polar surface area (TPSA) is 82.1 Å². The van der Waals surface area contributed by atoms with E-state index in [2.05, 4.69) is 0 Å². The lowest BCUT2D eigenvalue weighted by Gasteiger charge is -2.30. The third-order valence-corrected chi connectivity index (χ3v) is 4.76. The van der Waals surface area contributed by atoms with E-state index >= 15 is 0 Å². The second-order valence-corrected chi connectivity index (χ2v) is 8.35. The van der Waals surface area contributed by atoms with Crippen LogP contribution in [0.2, 0.25) is 0 Å². The van der Waals surface area contributed by atoms with Crippen molar-refractivity contribution >= 4 is 27.6 Å². The Labute approximate surface area is 160 Å². The maximum absolute atomic E-state index is 12.8. The van der Waals surface area contributed by atoms with Crippen molar-refractivity contribution in [3.05, 3.63) is 23.8 Å². The standard InChI is InChI=1S/C17H26ClNO6S/c1-17(2,12-18)16(20)19(8-9-23-3)11-13-6-7-14(24-4)15(10-13)25-26(5,21)22/h6-7,10H,8-9,11-12H2,1-5H3. The number of carbonyl (C=O) groups is 1. The molecular weight excluding hydrogens is 382 g/mol. The maximum Gasteiger partial charge on any atom is 0.306 e. The predicted molar refractivity (Wildman–Crippen MR) is 100 cm³/mol. The SMILES string of the molecule is COCCN(Cc1ccc(OC)c(OS(C)(=O)=O)c1)C(=O)C(C)(C)CCl. The lowest BCUT2D eigenvalue weighted by Crippen LogP contribution is -2.43. The van der Waals surface area contributed by atoms with Gasteiger partial charge in [0.25, 0.3) is 0 Å². The van der Waals surface area contributed by atoms with Crippen molar-refractivity contribution in [2.24, 2.45) is 5.41 Å². The van der Waals surface area contributed by atoms with Crippen LogP contribution >= 0.6 is 11.6 Å². The van der Waals surface area contributed by atoms with Crippen molar-refractivity contribution in [1.29, 1.82) is 0 Å². The number of halogens is 1. The fourth-order valence-electron chi connectivity index (χ4n) is 2.21. The van der Waals surface area contributed by atoms with Crippen molar-refractivity contribution in [2.75, 3.05) is 39.5 Å². The van der Waals surface area contributed by atoms with Crippen molar-refractivity contribution < 1.29 is 26.9 Å². The van der Waals surface area contributed by atoms with Gasteiger partial charge in [-0.15, -0.1) is 11.6 Å². The molecular formula is C17H26ClNO6S. The summed E-state index contributed by atoms with van der Waals surface area (Å²) in [6, 6.07) is 4.89. The molecule has 0 radical (unpaired) electrons. The van der Waals surface area contributed by atoms with Gasteiger partial charge >= 0.3 is 10.1 Å². The molecule has 0 spiro atoms. The Morgan fingerprint density at radius 2 is 1.88 bits per heavy atom. The number of carbonyl (C=O) groups excluding carboxylic acids is 1. The van der Waals surface area contributed by atoms with Crippen LogP contribution in [0.1, 0.15) is 19.4 Å². The van der Waals surface area contributed by atoms with Gasteiger partial charge in [-0.3, -0.25) is 4.79 Å². The van der Waals surface area contributed by atoms with Gasteiger partial charge in [0.2, 0.25) is 5.91 Å². The number of hydrogen-bond donors (Lipinski definition) is 0. The normalized spacial score (nSPS) is 11.9. The summed E-state index contributed by atoms with van der Waals surface area (Å²) in [5, 5.41) is 0. The highest BCUT2D eigenvalue weighted by molar-refractivity contribution is 7.86. The summed E-state index contributed by atoms with van der Waals surface area (Å²) >= 11 is 5.92. The first-order chi connectivity index (χ1) is 12.0. The second kappa shape index (κ2) is 9.43. The van der Waals surface area contributed by atoms with Gasteiger partial charge in [0.05, 0.1) is 25.4 Å². The smallest absolute Gasteiger partial charge is 0.306 e. The summed E-state index contributed by atoms with van der Waals surface area (Å²) in [4.78, 5) is 14.4. The molecule has 0 atom stereocenters. The highest BCUT2D eigenvalue weighted by Gasteiger charge is 2.31. The summed E-state index contributed by atoms with van der Waals surface area (Å²) < 4.78 is 38.1. The van der Waals surface area contributed by atoms with Crippen LogP contribution in [0.25, 0.3) is 0 Å². The fourth-order valence-corrected chi connectivity index (χ4v) is 2.78. The van der Waals surface area contributed by atoms with Gasteiger partial charge in [-0.25, -0.2) is 0 Å². The summed E-state index contributed by atoms with van der Waals surface area (Å²) in [6.07, 6.45) is 0.955. The van der Waals surface area contributed by atoms with Gasteiger partial charge in [0.15, 0.2) is 11.5 Å². The van der Waals surface area contributed by atoms with Crippen molar-refractivity contribution in [2.45, 2.75) is 20.4 Å². The third kappa shape index (κ3) is 6.66. The van der Waals surface area contributed by atoms with Crippen LogP contribution in [0.3, 0.4) is 0 Å². The lowest BCUT2D eigenvalue weighted by atomic mass is 9.94. The fraction of sp³-hybridized carbons (Fsp3) is 0.588. The minimum atomic E-state index is -3.71. The van der Waals surface area contributed by atoms with Gasteiger partial charge in [-0.1, -0.05) is 6.07 Å². The Balaban J connectivity index is 3.14.